The first-order valence-electron chi connectivity index (χ1n) is 9.79. The maximum atomic E-state index is 13.3. The van der Waals surface area contributed by atoms with Crippen LogP contribution in [-0.4, -0.2) is 70.1 Å². The first-order valence-corrected chi connectivity index (χ1v) is 9.79. The first-order chi connectivity index (χ1) is 13.7. The average molecular weight is 378 g/mol. The van der Waals surface area contributed by atoms with E-state index in [1.54, 1.807) is 20.7 Å². The van der Waals surface area contributed by atoms with Crippen molar-refractivity contribution < 1.29 is 9.59 Å². The fourth-order valence-electron chi connectivity index (χ4n) is 4.12. The number of hydrogen-bond acceptors (Lipinski definition) is 4. The average Bonchev–Trinajstić information content (AvgIpc) is 3.42. The van der Waals surface area contributed by atoms with Crippen LogP contribution in [0.15, 0.2) is 41.5 Å². The number of aliphatic imine (C=N–C) groups is 1. The summed E-state index contributed by atoms with van der Waals surface area (Å²) < 4.78 is 1.74. The number of benzene rings is 1. The fraction of sp³-hybridized carbons (Fsp3) is 0.400. The summed E-state index contributed by atoms with van der Waals surface area (Å²) in [5.41, 5.74) is 1.65. The number of para-hydroxylation sites is 1. The second-order valence-electron chi connectivity index (χ2n) is 7.30. The summed E-state index contributed by atoms with van der Waals surface area (Å²) in [6.45, 7) is 2.86. The van der Waals surface area contributed by atoms with E-state index in [0.717, 1.165) is 43.6 Å². The summed E-state index contributed by atoms with van der Waals surface area (Å²) in [6.07, 6.45) is 4.62. The normalized spacial score (nSPS) is 18.8. The van der Waals surface area contributed by atoms with Crippen molar-refractivity contribution >= 4 is 23.6 Å². The Bertz CT molecular complexity index is 945. The van der Waals surface area contributed by atoms with Crippen LogP contribution in [0.2, 0.25) is 0 Å². The molecule has 0 unspecified atom stereocenters. The largest absolute Gasteiger partial charge is 0.341 e. The molecule has 8 nitrogen and oxygen atoms in total. The van der Waals surface area contributed by atoms with Gasteiger partial charge in [0.2, 0.25) is 5.91 Å². The number of nitrogens with zero attached hydrogens (tertiary/aromatic N) is 6. The number of urea groups is 1. The summed E-state index contributed by atoms with van der Waals surface area (Å²) in [6, 6.07) is 9.47. The highest BCUT2D eigenvalue weighted by Crippen LogP contribution is 2.32. The van der Waals surface area contributed by atoms with Crippen LogP contribution in [0.25, 0.3) is 5.69 Å². The highest BCUT2D eigenvalue weighted by atomic mass is 16.2. The number of fused-ring (bicyclic) bond motifs is 3. The predicted octanol–water partition coefficient (Wildman–Crippen LogP) is 1.89. The molecule has 1 aromatic heterocycles. The van der Waals surface area contributed by atoms with Gasteiger partial charge < -0.3 is 4.90 Å². The molecule has 1 fully saturated rings. The summed E-state index contributed by atoms with van der Waals surface area (Å²) >= 11 is 0. The second kappa shape index (κ2) is 6.78. The van der Waals surface area contributed by atoms with Gasteiger partial charge >= 0.3 is 6.03 Å². The molecule has 5 rings (SSSR count). The van der Waals surface area contributed by atoms with Gasteiger partial charge in [0, 0.05) is 26.2 Å². The van der Waals surface area contributed by atoms with Crippen LogP contribution < -0.4 is 4.90 Å². The Morgan fingerprint density at radius 3 is 2.61 bits per heavy atom. The van der Waals surface area contributed by atoms with Crippen molar-refractivity contribution in [2.45, 2.75) is 19.3 Å². The third kappa shape index (κ3) is 2.67. The van der Waals surface area contributed by atoms with E-state index in [-0.39, 0.29) is 18.5 Å². The number of amides is 3. The molecule has 0 bridgehead atoms. The van der Waals surface area contributed by atoms with Crippen LogP contribution in [0, 0.1) is 0 Å². The van der Waals surface area contributed by atoms with E-state index in [9.17, 15) is 9.59 Å². The number of anilines is 1. The molecule has 1 aromatic carbocycles. The number of amidine groups is 1. The van der Waals surface area contributed by atoms with Crippen LogP contribution >= 0.6 is 0 Å². The number of likely N-dealkylation sites (tertiary alicyclic amines) is 1. The number of aromatic nitrogens is 2. The Kier molecular flexibility index (Phi) is 4.11. The van der Waals surface area contributed by atoms with Gasteiger partial charge in [-0.2, -0.15) is 5.10 Å². The van der Waals surface area contributed by atoms with Crippen LogP contribution in [0.3, 0.4) is 0 Å². The third-order valence-corrected chi connectivity index (χ3v) is 5.51. The smallest absolute Gasteiger partial charge is 0.331 e. The molecule has 0 aliphatic carbocycles. The Balaban J connectivity index is 1.59. The van der Waals surface area contributed by atoms with E-state index < -0.39 is 0 Å². The van der Waals surface area contributed by atoms with Crippen LogP contribution in [-0.2, 0) is 4.79 Å². The predicted molar refractivity (Wildman–Crippen MR) is 105 cm³/mol. The van der Waals surface area contributed by atoms with Gasteiger partial charge in [0.05, 0.1) is 17.4 Å². The third-order valence-electron chi connectivity index (χ3n) is 5.51. The lowest BCUT2D eigenvalue weighted by Crippen LogP contribution is -2.55. The lowest BCUT2D eigenvalue weighted by Gasteiger charge is -2.38. The molecule has 2 aromatic rings. The monoisotopic (exact) mass is 378 g/mol. The molecule has 0 radical (unpaired) electrons. The van der Waals surface area contributed by atoms with Gasteiger partial charge in [-0.1, -0.05) is 18.2 Å². The van der Waals surface area contributed by atoms with E-state index in [1.165, 1.54) is 0 Å². The first kappa shape index (κ1) is 17.0. The van der Waals surface area contributed by atoms with Gasteiger partial charge in [0.15, 0.2) is 5.82 Å². The Morgan fingerprint density at radius 1 is 1.04 bits per heavy atom. The maximum absolute atomic E-state index is 13.3. The quantitative estimate of drug-likeness (QED) is 0.819. The Hall–Kier alpha value is -3.16. The lowest BCUT2D eigenvalue weighted by molar-refractivity contribution is -0.128. The standard InChI is InChI=1S/C20H22N6O2/c27-17(23-10-4-5-11-23)14-25-19-16(18-21-9-6-12-24(18)20(25)28)13-22-26(19)15-7-2-1-3-8-15/h1-3,7-8,13H,4-6,9-12,14H2. The van der Waals surface area contributed by atoms with Crippen molar-refractivity contribution in [3.63, 3.8) is 0 Å². The van der Waals surface area contributed by atoms with Crippen LogP contribution in [0.4, 0.5) is 10.6 Å². The van der Waals surface area contributed by atoms with E-state index >= 15 is 0 Å². The van der Waals surface area contributed by atoms with E-state index in [0.29, 0.717) is 24.7 Å². The number of rotatable bonds is 3. The van der Waals surface area contributed by atoms with Crippen LogP contribution in [0.1, 0.15) is 24.8 Å². The molecule has 3 aliphatic rings. The minimum Gasteiger partial charge on any atom is -0.341 e. The molecule has 0 N–H and O–H groups in total. The van der Waals surface area contributed by atoms with Gasteiger partial charge in [0.25, 0.3) is 0 Å². The minimum absolute atomic E-state index is 0.0185. The van der Waals surface area contributed by atoms with Gasteiger partial charge in [0.1, 0.15) is 12.4 Å². The number of carbonyl (C=O) groups is 2. The molecule has 144 valence electrons. The van der Waals surface area contributed by atoms with E-state index in [1.807, 2.05) is 35.2 Å². The molecule has 8 heteroatoms. The van der Waals surface area contributed by atoms with Crippen molar-refractivity contribution in [1.82, 2.24) is 19.6 Å². The van der Waals surface area contributed by atoms with Gasteiger partial charge in [-0.25, -0.2) is 9.48 Å². The highest BCUT2D eigenvalue weighted by Gasteiger charge is 2.40. The van der Waals surface area contributed by atoms with Crippen LogP contribution in [0.5, 0.6) is 0 Å². The molecular weight excluding hydrogens is 356 g/mol. The lowest BCUT2D eigenvalue weighted by atomic mass is 10.1. The van der Waals surface area contributed by atoms with E-state index in [2.05, 4.69) is 10.1 Å². The second-order valence-corrected chi connectivity index (χ2v) is 7.30. The topological polar surface area (TPSA) is 74.0 Å². The minimum atomic E-state index is -0.198. The molecule has 3 amide bonds. The zero-order chi connectivity index (χ0) is 19.1. The van der Waals surface area contributed by atoms with Crippen molar-refractivity contribution in [2.24, 2.45) is 4.99 Å². The van der Waals surface area contributed by atoms with Crippen molar-refractivity contribution in [3.05, 3.63) is 42.1 Å². The highest BCUT2D eigenvalue weighted by molar-refractivity contribution is 6.19. The fourth-order valence-corrected chi connectivity index (χ4v) is 4.12. The van der Waals surface area contributed by atoms with Crippen molar-refractivity contribution in [3.8, 4) is 5.69 Å². The van der Waals surface area contributed by atoms with Gasteiger partial charge in [-0.05, 0) is 31.4 Å². The summed E-state index contributed by atoms with van der Waals surface area (Å²) in [4.78, 5) is 35.8. The molecule has 4 heterocycles. The molecule has 1 saturated heterocycles. The summed E-state index contributed by atoms with van der Waals surface area (Å²) in [7, 11) is 0. The molecule has 3 aliphatic heterocycles. The van der Waals surface area contributed by atoms with Crippen molar-refractivity contribution in [1.29, 1.82) is 0 Å². The Morgan fingerprint density at radius 2 is 1.82 bits per heavy atom. The number of carbonyl (C=O) groups excluding carboxylic acids is 2. The summed E-state index contributed by atoms with van der Waals surface area (Å²) in [5.74, 6) is 1.27. The molecule has 28 heavy (non-hydrogen) atoms. The molecular formula is C20H22N6O2. The van der Waals surface area contributed by atoms with Gasteiger partial charge in [-0.3, -0.25) is 19.6 Å². The maximum Gasteiger partial charge on any atom is 0.331 e. The van der Waals surface area contributed by atoms with Gasteiger partial charge in [-0.15, -0.1) is 0 Å². The number of hydrogen-bond donors (Lipinski definition) is 0. The molecule has 0 saturated carbocycles. The molecule has 0 spiro atoms. The summed E-state index contributed by atoms with van der Waals surface area (Å²) in [5, 5.41) is 4.54. The van der Waals surface area contributed by atoms with Crippen molar-refractivity contribution in [2.75, 3.05) is 37.6 Å². The molecule has 0 atom stereocenters. The zero-order valence-electron chi connectivity index (χ0n) is 15.6. The van der Waals surface area contributed by atoms with E-state index in [4.69, 9.17) is 0 Å². The Labute approximate surface area is 163 Å². The SMILES string of the molecule is O=C(CN1C(=O)N2CCCN=C2c2cnn(-c3ccccc3)c21)N1CCCC1. The zero-order valence-corrected chi connectivity index (χ0v) is 15.6.